The molecule has 40 heavy (non-hydrogen) atoms. The van der Waals surface area contributed by atoms with Crippen molar-refractivity contribution in [3.8, 4) is 23.1 Å². The van der Waals surface area contributed by atoms with Gasteiger partial charge >= 0.3 is 0 Å². The van der Waals surface area contributed by atoms with Gasteiger partial charge in [0.25, 0.3) is 5.91 Å². The smallest absolute Gasteiger partial charge is 0.259 e. The third kappa shape index (κ3) is 4.52. The fraction of sp³-hybridized carbons (Fsp3) is 0.129. The molecule has 9 nitrogen and oxygen atoms in total. The van der Waals surface area contributed by atoms with Crippen LogP contribution in [0.25, 0.3) is 27.8 Å². The number of fused-ring (bicyclic) bond motifs is 2. The first-order valence-corrected chi connectivity index (χ1v) is 12.8. The number of nitrogens with one attached hydrogen (secondary N) is 1. The maximum Gasteiger partial charge on any atom is 0.259 e. The van der Waals surface area contributed by atoms with E-state index < -0.39 is 6.04 Å². The molecule has 196 valence electrons. The Labute approximate surface area is 230 Å². The molecule has 0 spiro atoms. The summed E-state index contributed by atoms with van der Waals surface area (Å²) in [6, 6.07) is 19.2. The topological polar surface area (TPSA) is 116 Å². The molecule has 0 aliphatic rings. The van der Waals surface area contributed by atoms with Crippen molar-refractivity contribution in [1.82, 2.24) is 34.7 Å². The van der Waals surface area contributed by atoms with Gasteiger partial charge in [-0.25, -0.2) is 14.5 Å². The Bertz CT molecular complexity index is 1960. The minimum atomic E-state index is -0.398. The van der Waals surface area contributed by atoms with E-state index in [0.29, 0.717) is 5.65 Å². The molecular weight excluding hydrogens is 500 g/mol. The van der Waals surface area contributed by atoms with Crippen LogP contribution in [0.5, 0.6) is 0 Å². The number of nitrogens with two attached hydrogens (primary N) is 1. The minimum absolute atomic E-state index is 0.121. The van der Waals surface area contributed by atoms with Crippen molar-refractivity contribution in [2.45, 2.75) is 19.9 Å². The molecule has 9 heteroatoms. The number of pyridine rings is 1. The van der Waals surface area contributed by atoms with E-state index in [4.69, 9.17) is 10.7 Å². The summed E-state index contributed by atoms with van der Waals surface area (Å²) in [5, 5.41) is 12.6. The minimum Gasteiger partial charge on any atom is -0.381 e. The van der Waals surface area contributed by atoms with Crippen LogP contribution in [0.15, 0.2) is 79.3 Å². The molecule has 0 saturated heterocycles. The fourth-order valence-corrected chi connectivity index (χ4v) is 4.80. The number of aromatic nitrogens is 6. The number of amides is 1. The molecule has 1 unspecified atom stereocenters. The zero-order valence-electron chi connectivity index (χ0n) is 22.3. The van der Waals surface area contributed by atoms with Crippen molar-refractivity contribution in [3.05, 3.63) is 107 Å². The maximum atomic E-state index is 13.4. The third-order valence-corrected chi connectivity index (χ3v) is 6.73. The second-order valence-corrected chi connectivity index (χ2v) is 9.56. The van der Waals surface area contributed by atoms with Gasteiger partial charge in [-0.15, -0.1) is 5.10 Å². The van der Waals surface area contributed by atoms with Gasteiger partial charge in [-0.1, -0.05) is 54.3 Å². The van der Waals surface area contributed by atoms with E-state index in [-0.39, 0.29) is 17.3 Å². The number of para-hydroxylation sites is 1. The van der Waals surface area contributed by atoms with Gasteiger partial charge in [0.2, 0.25) is 0 Å². The first-order chi connectivity index (χ1) is 19.4. The van der Waals surface area contributed by atoms with Crippen LogP contribution in [0.4, 0.5) is 5.82 Å². The summed E-state index contributed by atoms with van der Waals surface area (Å²) >= 11 is 0. The zero-order chi connectivity index (χ0) is 27.8. The molecule has 1 amide bonds. The number of hydrogen-bond donors (Lipinski definition) is 2. The number of nitrogens with zero attached hydrogens (tertiary/aromatic N) is 6. The molecule has 1 atom stereocenters. The summed E-state index contributed by atoms with van der Waals surface area (Å²) < 4.78 is 3.25. The van der Waals surface area contributed by atoms with Crippen LogP contribution in [0.1, 0.15) is 45.7 Å². The maximum absolute atomic E-state index is 13.4. The average molecular weight is 527 g/mol. The summed E-state index contributed by atoms with van der Waals surface area (Å²) in [5.74, 6) is 6.30. The zero-order valence-corrected chi connectivity index (χ0v) is 22.3. The molecule has 4 aromatic heterocycles. The Kier molecular flexibility index (Phi) is 6.21. The molecule has 2 aromatic carbocycles. The Morgan fingerprint density at radius 1 is 1.02 bits per heavy atom. The fourth-order valence-electron chi connectivity index (χ4n) is 4.80. The number of carbonyl (C=O) groups excluding carboxylic acids is 1. The van der Waals surface area contributed by atoms with E-state index >= 15 is 0 Å². The lowest BCUT2D eigenvalue weighted by atomic mass is 9.97. The summed E-state index contributed by atoms with van der Waals surface area (Å²) in [6.07, 6.45) is 5.22. The summed E-state index contributed by atoms with van der Waals surface area (Å²) in [6.45, 7) is 3.87. The second kappa shape index (κ2) is 10.0. The second-order valence-electron chi connectivity index (χ2n) is 9.56. The molecule has 0 fully saturated rings. The summed E-state index contributed by atoms with van der Waals surface area (Å²) in [5.41, 5.74) is 12.6. The van der Waals surface area contributed by atoms with Gasteiger partial charge in [0.05, 0.1) is 34.1 Å². The molecule has 6 aromatic rings. The Morgan fingerprint density at radius 2 is 1.82 bits per heavy atom. The largest absolute Gasteiger partial charge is 0.381 e. The average Bonchev–Trinajstić information content (AvgIpc) is 3.47. The first-order valence-electron chi connectivity index (χ1n) is 12.8. The Balaban J connectivity index is 1.43. The third-order valence-electron chi connectivity index (χ3n) is 6.73. The van der Waals surface area contributed by atoms with Gasteiger partial charge in [0.15, 0.2) is 11.5 Å². The summed E-state index contributed by atoms with van der Waals surface area (Å²) in [4.78, 5) is 22.8. The molecule has 4 heterocycles. The van der Waals surface area contributed by atoms with Crippen LogP contribution in [0.2, 0.25) is 0 Å². The molecule has 3 N–H and O–H groups in total. The van der Waals surface area contributed by atoms with Crippen LogP contribution >= 0.6 is 0 Å². The van der Waals surface area contributed by atoms with Crippen LogP contribution in [0.3, 0.4) is 0 Å². The van der Waals surface area contributed by atoms with Crippen LogP contribution in [-0.4, -0.2) is 35.3 Å². The van der Waals surface area contributed by atoms with E-state index in [9.17, 15) is 4.79 Å². The number of aryl methyl sites for hydroxylation is 2. The highest BCUT2D eigenvalue weighted by atomic mass is 16.1. The predicted molar refractivity (Wildman–Crippen MR) is 154 cm³/mol. The Morgan fingerprint density at radius 3 is 2.60 bits per heavy atom. The highest BCUT2D eigenvalue weighted by Gasteiger charge is 2.23. The van der Waals surface area contributed by atoms with Gasteiger partial charge in [0, 0.05) is 42.2 Å². The number of anilines is 1. The quantitative estimate of drug-likeness (QED) is 0.328. The van der Waals surface area contributed by atoms with Gasteiger partial charge in [0.1, 0.15) is 5.56 Å². The van der Waals surface area contributed by atoms with Gasteiger partial charge in [-0.3, -0.25) is 9.48 Å². The van der Waals surface area contributed by atoms with E-state index in [0.717, 1.165) is 44.5 Å². The van der Waals surface area contributed by atoms with E-state index in [1.807, 2.05) is 75.6 Å². The highest BCUT2D eigenvalue weighted by molar-refractivity contribution is 6.04. The van der Waals surface area contributed by atoms with Crippen LogP contribution < -0.4 is 11.1 Å². The standard InChI is InChI=1S/C31H26N8O/c1-19-24(18-38(3)36-19)14-13-22-11-7-12-23-17-25(28(35-27(22)23)21-9-5-4-6-10-21)20(2)34-31(40)26-29(32)37-39-16-8-15-33-30(26)39/h4-12,15-18,20H,1-3H3,(H2,32,37)(H,34,40). The van der Waals surface area contributed by atoms with Crippen molar-refractivity contribution in [2.75, 3.05) is 5.73 Å². The molecule has 0 bridgehead atoms. The SMILES string of the molecule is Cc1nn(C)cc1C#Cc1cccc2cc(C(C)NC(=O)c3c(N)nn4cccnc34)c(-c3ccccc3)nc12. The highest BCUT2D eigenvalue weighted by Crippen LogP contribution is 2.31. The number of carbonyl (C=O) groups is 1. The van der Waals surface area contributed by atoms with Crippen molar-refractivity contribution < 1.29 is 4.79 Å². The molecule has 0 aliphatic heterocycles. The molecule has 6 rings (SSSR count). The number of nitrogen functional groups attached to an aromatic ring is 1. The lowest BCUT2D eigenvalue weighted by molar-refractivity contribution is 0.0942. The lowest BCUT2D eigenvalue weighted by Crippen LogP contribution is -2.28. The van der Waals surface area contributed by atoms with Gasteiger partial charge < -0.3 is 11.1 Å². The monoisotopic (exact) mass is 526 g/mol. The van der Waals surface area contributed by atoms with Crippen LogP contribution in [-0.2, 0) is 7.05 Å². The molecule has 0 radical (unpaired) electrons. The first kappa shape index (κ1) is 24.8. The van der Waals surface area contributed by atoms with Crippen molar-refractivity contribution in [3.63, 3.8) is 0 Å². The van der Waals surface area contributed by atoms with Crippen molar-refractivity contribution in [2.24, 2.45) is 7.05 Å². The predicted octanol–water partition coefficient (Wildman–Crippen LogP) is 4.46. The molecule has 0 saturated carbocycles. The van der Waals surface area contributed by atoms with Crippen molar-refractivity contribution in [1.29, 1.82) is 0 Å². The van der Waals surface area contributed by atoms with Crippen LogP contribution in [0, 0.1) is 18.8 Å². The van der Waals surface area contributed by atoms with Gasteiger partial charge in [-0.2, -0.15) is 5.10 Å². The molecular formula is C31H26N8O. The van der Waals surface area contributed by atoms with E-state index in [1.54, 1.807) is 23.1 Å². The number of benzene rings is 2. The summed E-state index contributed by atoms with van der Waals surface area (Å²) in [7, 11) is 1.88. The number of rotatable bonds is 4. The Hall–Kier alpha value is -5.49. The molecule has 0 aliphatic carbocycles. The van der Waals surface area contributed by atoms with Crippen molar-refractivity contribution >= 4 is 28.3 Å². The van der Waals surface area contributed by atoms with E-state index in [1.165, 1.54) is 4.52 Å². The normalized spacial score (nSPS) is 11.8. The number of hydrogen-bond acceptors (Lipinski definition) is 6. The van der Waals surface area contributed by atoms with E-state index in [2.05, 4.69) is 38.4 Å². The van der Waals surface area contributed by atoms with Gasteiger partial charge in [-0.05, 0) is 32.0 Å². The lowest BCUT2D eigenvalue weighted by Gasteiger charge is -2.19.